The van der Waals surface area contributed by atoms with Gasteiger partial charge in [-0.3, -0.25) is 0 Å². The third-order valence-electron chi connectivity index (χ3n) is 23.1. The van der Waals surface area contributed by atoms with Gasteiger partial charge in [-0.25, -0.2) is 17.6 Å². The van der Waals surface area contributed by atoms with Crippen molar-refractivity contribution in [2.45, 2.75) is 39.5 Å². The first-order valence-electron chi connectivity index (χ1n) is 40.5. The maximum absolute atomic E-state index is 18.6. The molecule has 586 valence electrons. The highest BCUT2D eigenvalue weighted by Crippen LogP contribution is 2.44. The molecule has 0 aliphatic rings. The van der Waals surface area contributed by atoms with Crippen molar-refractivity contribution in [1.82, 2.24) is 0 Å². The SMILES string of the molecule is Cc1cc(C(c2ccc(C(c3cc(C)c(O[Si](c4ccccc4)(c4ccccc4)c4ccccc4)c(F)c3)c3cc(C)c(O[Si](c4ccccc4)(c4ccccc4)c4ccccc4)c(F)c3)cc2)c2cc(C)c(O[Si](c3ccccc3)(c3ccccc3)c3ccccc3)c(F)c2)cc(F)c1O[Si](c1ccccc1)(c1ccccc1)c1ccccc1. The standard InChI is InChI=1S/C108H86F4O4Si4/c1-77-69-83(73-99(109)105(77)113-117(87-41-17-5-18-42-87,88-43-19-6-20-44-88)89-45-21-7-22-46-89)103(84-70-78(2)106(100(110)74-84)114-118(90-47-23-8-24-48-90,91-49-25-9-26-50-91)92-51-27-10-28-52-92)81-65-67-82(68-66-81)104(85-71-79(3)107(101(111)75-85)115-119(93-53-29-11-30-54-93,94-55-31-12-32-56-94)95-57-33-13-34-58-95)86-72-80(4)108(102(112)76-86)116-120(96-59-35-14-36-60-96,97-61-37-15-38-62-97)98-63-39-16-40-64-98/h5-76,103-104H,1-4H3. The largest absolute Gasteiger partial charge is 0.528 e. The quantitative estimate of drug-likeness (QED) is 0.0308. The third-order valence-corrected chi connectivity index (χ3v) is 38.9. The summed E-state index contributed by atoms with van der Waals surface area (Å²) >= 11 is 0. The molecule has 0 N–H and O–H groups in total. The second-order valence-electron chi connectivity index (χ2n) is 30.7. The first-order chi connectivity index (χ1) is 58.8. The number of rotatable bonds is 26. The Kier molecular flexibility index (Phi) is 22.8. The van der Waals surface area contributed by atoms with Gasteiger partial charge in [-0.2, -0.15) is 0 Å². The minimum Gasteiger partial charge on any atom is -0.528 e. The minimum absolute atomic E-state index is 0.0911. The van der Waals surface area contributed by atoms with E-state index in [0.717, 1.165) is 62.2 Å². The molecule has 0 heterocycles. The normalized spacial score (nSPS) is 11.8. The van der Waals surface area contributed by atoms with E-state index in [1.807, 2.05) is 295 Å². The van der Waals surface area contributed by atoms with E-state index in [1.54, 1.807) is 0 Å². The van der Waals surface area contributed by atoms with Gasteiger partial charge in [0.05, 0.1) is 0 Å². The average Bonchev–Trinajstić information content (AvgIpc) is 0.751. The van der Waals surface area contributed by atoms with Crippen LogP contribution in [0.3, 0.4) is 0 Å². The van der Waals surface area contributed by atoms with Crippen LogP contribution in [0.25, 0.3) is 0 Å². The number of benzene rings is 17. The summed E-state index contributed by atoms with van der Waals surface area (Å²) in [5, 5.41) is 11.1. The molecule has 0 bridgehead atoms. The van der Waals surface area contributed by atoms with Gasteiger partial charge in [0.1, 0.15) is 23.0 Å². The summed E-state index contributed by atoms with van der Waals surface area (Å²) in [5.74, 6) is -3.74. The van der Waals surface area contributed by atoms with Crippen LogP contribution in [-0.4, -0.2) is 33.3 Å². The van der Waals surface area contributed by atoms with Gasteiger partial charge in [-0.15, -0.1) is 0 Å². The molecular formula is C108H86F4O4Si4. The molecule has 0 fully saturated rings. The smallest absolute Gasteiger partial charge is 0.347 e. The van der Waals surface area contributed by atoms with Gasteiger partial charge in [0, 0.05) is 11.8 Å². The summed E-state index contributed by atoms with van der Waals surface area (Å²) in [6.45, 7) is 7.47. The van der Waals surface area contributed by atoms with Crippen LogP contribution in [0.5, 0.6) is 23.0 Å². The van der Waals surface area contributed by atoms with Gasteiger partial charge in [-0.1, -0.05) is 413 Å². The zero-order chi connectivity index (χ0) is 82.2. The first-order valence-corrected chi connectivity index (χ1v) is 48.1. The van der Waals surface area contributed by atoms with Crippen molar-refractivity contribution in [2.75, 3.05) is 0 Å². The molecule has 0 aliphatic heterocycles. The van der Waals surface area contributed by atoms with E-state index in [0.29, 0.717) is 55.6 Å². The predicted octanol–water partition coefficient (Wildman–Crippen LogP) is 18.0. The predicted molar refractivity (Wildman–Crippen MR) is 491 cm³/mol. The summed E-state index contributed by atoms with van der Waals surface area (Å²) in [6.07, 6.45) is 0. The molecule has 0 amide bonds. The summed E-state index contributed by atoms with van der Waals surface area (Å²) in [6, 6.07) is 143. The van der Waals surface area contributed by atoms with Crippen molar-refractivity contribution in [3.05, 3.63) is 516 Å². The van der Waals surface area contributed by atoms with Crippen molar-refractivity contribution >= 4 is 95.5 Å². The molecule has 0 spiro atoms. The maximum Gasteiger partial charge on any atom is 0.347 e. The molecule has 120 heavy (non-hydrogen) atoms. The van der Waals surface area contributed by atoms with Crippen molar-refractivity contribution < 1.29 is 35.3 Å². The van der Waals surface area contributed by atoms with Gasteiger partial charge in [0.2, 0.25) is 0 Å². The van der Waals surface area contributed by atoms with Crippen molar-refractivity contribution in [3.8, 4) is 23.0 Å². The summed E-state index contributed by atoms with van der Waals surface area (Å²) < 4.78 is 105. The van der Waals surface area contributed by atoms with E-state index in [1.165, 1.54) is 24.3 Å². The van der Waals surface area contributed by atoms with Crippen molar-refractivity contribution in [2.24, 2.45) is 0 Å². The summed E-state index contributed by atoms with van der Waals surface area (Å²) in [4.78, 5) is 0. The van der Waals surface area contributed by atoms with Crippen LogP contribution < -0.4 is 79.9 Å². The number of aryl methyl sites for hydroxylation is 4. The third kappa shape index (κ3) is 15.1. The number of hydrogen-bond acceptors (Lipinski definition) is 4. The van der Waals surface area contributed by atoms with E-state index in [2.05, 4.69) is 146 Å². The summed E-state index contributed by atoms with van der Waals surface area (Å²) in [7, 11) is -14.3. The average molecular weight is 1640 g/mol. The highest BCUT2D eigenvalue weighted by atomic mass is 28.4. The van der Waals surface area contributed by atoms with Gasteiger partial charge in [-0.05, 0) is 170 Å². The fraction of sp³-hybridized carbons (Fsp3) is 0.0556. The second-order valence-corrected chi connectivity index (χ2v) is 43.8. The Labute approximate surface area is 704 Å². The van der Waals surface area contributed by atoms with Crippen LogP contribution in [-0.2, 0) is 0 Å². The molecule has 12 heteroatoms. The molecule has 4 nitrogen and oxygen atoms in total. The molecule has 0 atom stereocenters. The molecule has 0 unspecified atom stereocenters. The Bertz CT molecular complexity index is 5120. The Morgan fingerprint density at radius 3 is 0.408 bits per heavy atom. The Balaban J connectivity index is 0.847. The van der Waals surface area contributed by atoms with Crippen LogP contribution in [0.1, 0.15) is 67.5 Å². The zero-order valence-corrected chi connectivity index (χ0v) is 70.9. The molecule has 0 aliphatic carbocycles. The molecule has 17 aromatic rings. The molecule has 0 saturated carbocycles. The van der Waals surface area contributed by atoms with Gasteiger partial charge < -0.3 is 17.7 Å². The number of halogens is 4. The molecular weight excluding hydrogens is 1550 g/mol. The molecule has 0 saturated heterocycles. The lowest BCUT2D eigenvalue weighted by molar-refractivity contribution is 0.500. The minimum atomic E-state index is -3.57. The second kappa shape index (κ2) is 34.6. The summed E-state index contributed by atoms with van der Waals surface area (Å²) in [5.41, 5.74) is 5.51. The number of hydrogen-bond donors (Lipinski definition) is 0. The topological polar surface area (TPSA) is 36.9 Å². The fourth-order valence-corrected chi connectivity index (χ4v) is 33.3. The lowest BCUT2D eigenvalue weighted by atomic mass is 9.80. The van der Waals surface area contributed by atoms with Crippen LogP contribution in [0.4, 0.5) is 17.6 Å². The van der Waals surface area contributed by atoms with Gasteiger partial charge in [0.15, 0.2) is 23.3 Å². The Hall–Kier alpha value is -13.5. The van der Waals surface area contributed by atoms with Crippen LogP contribution in [0, 0.1) is 51.0 Å². The van der Waals surface area contributed by atoms with E-state index in [9.17, 15) is 0 Å². The Morgan fingerprint density at radius 1 is 0.167 bits per heavy atom. The monoisotopic (exact) mass is 1630 g/mol. The van der Waals surface area contributed by atoms with Crippen LogP contribution >= 0.6 is 0 Å². The zero-order valence-electron chi connectivity index (χ0n) is 66.9. The van der Waals surface area contributed by atoms with Crippen molar-refractivity contribution in [1.29, 1.82) is 0 Å². The highest BCUT2D eigenvalue weighted by Gasteiger charge is 2.50. The van der Waals surface area contributed by atoms with E-state index >= 15 is 17.6 Å². The highest BCUT2D eigenvalue weighted by molar-refractivity contribution is 7.09. The van der Waals surface area contributed by atoms with Gasteiger partial charge >= 0.3 is 33.3 Å². The van der Waals surface area contributed by atoms with E-state index in [-0.39, 0.29) is 23.0 Å². The molecule has 0 aromatic heterocycles. The fourth-order valence-electron chi connectivity index (χ4n) is 17.6. The molecule has 17 aromatic carbocycles. The van der Waals surface area contributed by atoms with Crippen LogP contribution in [0.15, 0.2) is 437 Å². The lowest BCUT2D eigenvalue weighted by Crippen LogP contribution is -2.71. The van der Waals surface area contributed by atoms with Crippen molar-refractivity contribution in [3.63, 3.8) is 0 Å². The first kappa shape index (κ1) is 79.0. The van der Waals surface area contributed by atoms with Gasteiger partial charge in [0.25, 0.3) is 0 Å². The molecule has 17 rings (SSSR count). The van der Waals surface area contributed by atoms with E-state index < -0.39 is 68.4 Å². The molecule has 0 radical (unpaired) electrons. The lowest BCUT2D eigenvalue weighted by Gasteiger charge is -2.35. The Morgan fingerprint density at radius 2 is 0.292 bits per heavy atom. The van der Waals surface area contributed by atoms with Crippen LogP contribution in [0.2, 0.25) is 0 Å². The maximum atomic E-state index is 18.6. The van der Waals surface area contributed by atoms with E-state index in [4.69, 9.17) is 17.7 Å².